The smallest absolute Gasteiger partial charge is 0.337 e. The summed E-state index contributed by atoms with van der Waals surface area (Å²) in [6.07, 6.45) is 5.73. The van der Waals surface area contributed by atoms with Crippen LogP contribution < -0.4 is 0 Å². The number of aromatic nitrogens is 1. The number of oxazole rings is 1. The molecule has 168 valence electrons. The monoisotopic (exact) mass is 434 g/mol. The number of nitrogens with zero attached hydrogens (tertiary/aromatic N) is 2. The molecule has 0 bridgehead atoms. The average Bonchev–Trinajstić information content (AvgIpc) is 3.19. The van der Waals surface area contributed by atoms with E-state index < -0.39 is 0 Å². The highest BCUT2D eigenvalue weighted by molar-refractivity contribution is 5.89. The SMILES string of the molecule is COC(=O)c1ccc(-c2nc(CN3CCCC[C@H]3CCc3ccc(O)cc3)c(C)o2)cc1. The van der Waals surface area contributed by atoms with E-state index in [0.29, 0.717) is 23.2 Å². The number of piperidine rings is 1. The van der Waals surface area contributed by atoms with Gasteiger partial charge < -0.3 is 14.3 Å². The highest BCUT2D eigenvalue weighted by Crippen LogP contribution is 2.27. The molecule has 1 fully saturated rings. The second kappa shape index (κ2) is 10.0. The molecular formula is C26H30N2O4. The van der Waals surface area contributed by atoms with Crippen molar-refractivity contribution >= 4 is 5.97 Å². The topological polar surface area (TPSA) is 75.8 Å². The molecular weight excluding hydrogens is 404 g/mol. The van der Waals surface area contributed by atoms with Crippen molar-refractivity contribution in [3.63, 3.8) is 0 Å². The third-order valence-electron chi connectivity index (χ3n) is 6.25. The van der Waals surface area contributed by atoms with E-state index in [1.165, 1.54) is 31.9 Å². The molecule has 0 spiro atoms. The van der Waals surface area contributed by atoms with Crippen molar-refractivity contribution < 1.29 is 19.1 Å². The third kappa shape index (κ3) is 5.19. The first kappa shape index (κ1) is 22.1. The number of phenolic OH excluding ortho intramolecular Hbond substituents is 1. The third-order valence-corrected chi connectivity index (χ3v) is 6.25. The van der Waals surface area contributed by atoms with Crippen LogP contribution in [0.2, 0.25) is 0 Å². The van der Waals surface area contributed by atoms with E-state index in [1.807, 2.05) is 31.2 Å². The van der Waals surface area contributed by atoms with Crippen LogP contribution in [0, 0.1) is 6.92 Å². The molecule has 0 aliphatic carbocycles. The first-order valence-electron chi connectivity index (χ1n) is 11.2. The molecule has 1 saturated heterocycles. The molecule has 3 aromatic rings. The molecule has 1 N–H and O–H groups in total. The van der Waals surface area contributed by atoms with Gasteiger partial charge in [0.1, 0.15) is 11.5 Å². The molecule has 1 aliphatic heterocycles. The van der Waals surface area contributed by atoms with Crippen LogP contribution in [0.1, 0.15) is 53.1 Å². The molecule has 1 atom stereocenters. The second-order valence-corrected chi connectivity index (χ2v) is 8.42. The van der Waals surface area contributed by atoms with Gasteiger partial charge in [-0.15, -0.1) is 0 Å². The molecule has 1 aliphatic rings. The Hall–Kier alpha value is -3.12. The average molecular weight is 435 g/mol. The first-order valence-corrected chi connectivity index (χ1v) is 11.2. The van der Waals surface area contributed by atoms with E-state index in [2.05, 4.69) is 4.90 Å². The Morgan fingerprint density at radius 3 is 2.62 bits per heavy atom. The fraction of sp³-hybridized carbons (Fsp3) is 0.385. The summed E-state index contributed by atoms with van der Waals surface area (Å²) < 4.78 is 10.7. The molecule has 4 rings (SSSR count). The summed E-state index contributed by atoms with van der Waals surface area (Å²) in [4.78, 5) is 19.0. The molecule has 2 heterocycles. The van der Waals surface area contributed by atoms with Crippen molar-refractivity contribution in [2.24, 2.45) is 0 Å². The molecule has 0 saturated carbocycles. The predicted molar refractivity (Wildman–Crippen MR) is 122 cm³/mol. The number of hydrogen-bond acceptors (Lipinski definition) is 6. The highest BCUT2D eigenvalue weighted by Gasteiger charge is 2.24. The van der Waals surface area contributed by atoms with Gasteiger partial charge in [0.2, 0.25) is 5.89 Å². The lowest BCUT2D eigenvalue weighted by Crippen LogP contribution is -2.39. The van der Waals surface area contributed by atoms with Crippen LogP contribution in [0.3, 0.4) is 0 Å². The lowest BCUT2D eigenvalue weighted by atomic mass is 9.95. The Morgan fingerprint density at radius 2 is 1.91 bits per heavy atom. The number of methoxy groups -OCH3 is 1. The van der Waals surface area contributed by atoms with Gasteiger partial charge in [-0.1, -0.05) is 18.6 Å². The van der Waals surface area contributed by atoms with E-state index in [0.717, 1.165) is 42.9 Å². The van der Waals surface area contributed by atoms with Crippen LogP contribution in [0.25, 0.3) is 11.5 Å². The molecule has 6 heteroatoms. The maximum atomic E-state index is 11.7. The number of carbonyl (C=O) groups excluding carboxylic acids is 1. The maximum Gasteiger partial charge on any atom is 0.337 e. The van der Waals surface area contributed by atoms with Crippen LogP contribution in [0.4, 0.5) is 0 Å². The highest BCUT2D eigenvalue weighted by atomic mass is 16.5. The van der Waals surface area contributed by atoms with Crippen LogP contribution in [0.15, 0.2) is 52.9 Å². The molecule has 0 amide bonds. The number of benzene rings is 2. The number of likely N-dealkylation sites (tertiary alicyclic amines) is 1. The number of phenols is 1. The van der Waals surface area contributed by atoms with Gasteiger partial charge in [-0.25, -0.2) is 9.78 Å². The van der Waals surface area contributed by atoms with Crippen molar-refractivity contribution in [2.45, 2.75) is 51.6 Å². The number of aromatic hydroxyl groups is 1. The van der Waals surface area contributed by atoms with Gasteiger partial charge in [-0.05, 0) is 81.1 Å². The fourth-order valence-corrected chi connectivity index (χ4v) is 4.35. The minimum atomic E-state index is -0.357. The van der Waals surface area contributed by atoms with Gasteiger partial charge in [-0.2, -0.15) is 0 Å². The standard InChI is InChI=1S/C26H30N2O4/c1-18-24(27-25(32-18)20-9-11-21(12-10-20)26(30)31-2)17-28-16-4-3-5-22(28)13-6-19-7-14-23(29)15-8-19/h7-12,14-15,22,29H,3-6,13,16-17H2,1-2H3/t22-/m0/s1. The summed E-state index contributed by atoms with van der Waals surface area (Å²) in [6, 6.07) is 15.2. The van der Waals surface area contributed by atoms with E-state index in [-0.39, 0.29) is 5.97 Å². The molecule has 6 nitrogen and oxygen atoms in total. The van der Waals surface area contributed by atoms with E-state index in [1.54, 1.807) is 24.3 Å². The Labute approximate surface area is 188 Å². The van der Waals surface area contributed by atoms with Gasteiger partial charge in [0.25, 0.3) is 0 Å². The Bertz CT molecular complexity index is 1040. The first-order chi connectivity index (χ1) is 15.5. The van der Waals surface area contributed by atoms with Gasteiger partial charge in [0.05, 0.1) is 18.4 Å². The van der Waals surface area contributed by atoms with Crippen LogP contribution in [-0.2, 0) is 17.7 Å². The van der Waals surface area contributed by atoms with Crippen molar-refractivity contribution in [3.8, 4) is 17.2 Å². The number of rotatable bonds is 7. The number of hydrogen-bond donors (Lipinski definition) is 1. The molecule has 2 aromatic carbocycles. The zero-order chi connectivity index (χ0) is 22.5. The summed E-state index contributed by atoms with van der Waals surface area (Å²) in [7, 11) is 1.37. The normalized spacial score (nSPS) is 16.8. The number of ether oxygens (including phenoxy) is 1. The van der Waals surface area contributed by atoms with Gasteiger partial charge >= 0.3 is 5.97 Å². The molecule has 0 radical (unpaired) electrons. The van der Waals surface area contributed by atoms with E-state index in [4.69, 9.17) is 14.1 Å². The van der Waals surface area contributed by atoms with Crippen molar-refractivity contribution in [1.82, 2.24) is 9.88 Å². The van der Waals surface area contributed by atoms with Crippen LogP contribution in [0.5, 0.6) is 5.75 Å². The number of carbonyl (C=O) groups is 1. The number of esters is 1. The quantitative estimate of drug-likeness (QED) is 0.520. The summed E-state index contributed by atoms with van der Waals surface area (Å²) in [5.41, 5.74) is 3.57. The lowest BCUT2D eigenvalue weighted by molar-refractivity contribution is 0.0600. The van der Waals surface area contributed by atoms with Crippen molar-refractivity contribution in [3.05, 3.63) is 71.1 Å². The minimum Gasteiger partial charge on any atom is -0.508 e. The maximum absolute atomic E-state index is 11.7. The largest absolute Gasteiger partial charge is 0.508 e. The van der Waals surface area contributed by atoms with E-state index >= 15 is 0 Å². The molecule has 0 unspecified atom stereocenters. The zero-order valence-electron chi connectivity index (χ0n) is 18.7. The predicted octanol–water partition coefficient (Wildman–Crippen LogP) is 5.13. The number of aryl methyl sites for hydroxylation is 2. The van der Waals surface area contributed by atoms with Gasteiger partial charge in [0.15, 0.2) is 0 Å². The summed E-state index contributed by atoms with van der Waals surface area (Å²) in [5.74, 6) is 1.36. The minimum absolute atomic E-state index is 0.310. The summed E-state index contributed by atoms with van der Waals surface area (Å²) in [6.45, 7) is 3.80. The van der Waals surface area contributed by atoms with Crippen molar-refractivity contribution in [1.29, 1.82) is 0 Å². The van der Waals surface area contributed by atoms with Gasteiger partial charge in [-0.3, -0.25) is 4.90 Å². The fourth-order valence-electron chi connectivity index (χ4n) is 4.35. The van der Waals surface area contributed by atoms with Crippen LogP contribution in [-0.4, -0.2) is 40.7 Å². The van der Waals surface area contributed by atoms with Crippen LogP contribution >= 0.6 is 0 Å². The molecule has 1 aromatic heterocycles. The Balaban J connectivity index is 1.43. The Morgan fingerprint density at radius 1 is 1.16 bits per heavy atom. The Kier molecular flexibility index (Phi) is 6.90. The second-order valence-electron chi connectivity index (χ2n) is 8.42. The summed E-state index contributed by atoms with van der Waals surface area (Å²) >= 11 is 0. The van der Waals surface area contributed by atoms with Gasteiger partial charge in [0, 0.05) is 18.2 Å². The molecule has 32 heavy (non-hydrogen) atoms. The van der Waals surface area contributed by atoms with Crippen molar-refractivity contribution in [2.75, 3.05) is 13.7 Å². The van der Waals surface area contributed by atoms with E-state index in [9.17, 15) is 9.90 Å². The summed E-state index contributed by atoms with van der Waals surface area (Å²) in [5, 5.41) is 9.49. The zero-order valence-corrected chi connectivity index (χ0v) is 18.7. The lowest BCUT2D eigenvalue weighted by Gasteiger charge is -2.35.